The molecule has 0 amide bonds. The molecule has 4 heteroatoms. The van der Waals surface area contributed by atoms with Gasteiger partial charge in [-0.3, -0.25) is 4.90 Å². The Morgan fingerprint density at radius 2 is 1.95 bits per heavy atom. The lowest BCUT2D eigenvalue weighted by molar-refractivity contribution is 0.226. The van der Waals surface area contributed by atoms with Crippen molar-refractivity contribution < 1.29 is 0 Å². The highest BCUT2D eigenvalue weighted by atomic mass is 35.5. The number of hydrogen-bond acceptors (Lipinski definition) is 2. The molecular weight excluding hydrogens is 291 g/mol. The summed E-state index contributed by atoms with van der Waals surface area (Å²) < 4.78 is 0. The lowest BCUT2D eigenvalue weighted by atomic mass is 9.94. The zero-order valence-electron chi connectivity index (χ0n) is 12.4. The molecule has 1 aliphatic heterocycles. The molecule has 1 atom stereocenters. The molecule has 1 fully saturated rings. The average Bonchev–Trinajstić information content (AvgIpc) is 2.45. The minimum absolute atomic E-state index is 0. The second-order valence-electron chi connectivity index (χ2n) is 5.66. The predicted octanol–water partition coefficient (Wildman–Crippen LogP) is 4.14. The SMILES string of the molecule is CC(c1ccccc1Cl)N(C)CCC1CCNCC1.Cl. The van der Waals surface area contributed by atoms with Gasteiger partial charge in [-0.2, -0.15) is 0 Å². The van der Waals surface area contributed by atoms with Gasteiger partial charge in [-0.05, 0) is 70.4 Å². The van der Waals surface area contributed by atoms with Crippen molar-refractivity contribution in [2.24, 2.45) is 5.92 Å². The van der Waals surface area contributed by atoms with Gasteiger partial charge in [-0.1, -0.05) is 29.8 Å². The maximum absolute atomic E-state index is 6.28. The Labute approximate surface area is 134 Å². The number of nitrogens with zero attached hydrogens (tertiary/aromatic N) is 1. The molecular formula is C16H26Cl2N2. The summed E-state index contributed by atoms with van der Waals surface area (Å²) in [6, 6.07) is 8.56. The van der Waals surface area contributed by atoms with Gasteiger partial charge >= 0.3 is 0 Å². The van der Waals surface area contributed by atoms with Gasteiger partial charge in [0.05, 0.1) is 0 Å². The van der Waals surface area contributed by atoms with Gasteiger partial charge in [0.15, 0.2) is 0 Å². The van der Waals surface area contributed by atoms with Gasteiger partial charge in [0, 0.05) is 11.1 Å². The maximum atomic E-state index is 6.28. The van der Waals surface area contributed by atoms with Crippen molar-refractivity contribution in [3.63, 3.8) is 0 Å². The van der Waals surface area contributed by atoms with Crippen molar-refractivity contribution >= 4 is 24.0 Å². The summed E-state index contributed by atoms with van der Waals surface area (Å²) >= 11 is 6.28. The highest BCUT2D eigenvalue weighted by molar-refractivity contribution is 6.31. The summed E-state index contributed by atoms with van der Waals surface area (Å²) in [5.41, 5.74) is 1.23. The van der Waals surface area contributed by atoms with E-state index in [-0.39, 0.29) is 12.4 Å². The van der Waals surface area contributed by atoms with Crippen LogP contribution < -0.4 is 5.32 Å². The average molecular weight is 317 g/mol. The minimum atomic E-state index is 0. The summed E-state index contributed by atoms with van der Waals surface area (Å²) in [6.45, 7) is 5.77. The maximum Gasteiger partial charge on any atom is 0.0453 e. The van der Waals surface area contributed by atoms with Crippen LogP contribution in [0.25, 0.3) is 0 Å². The zero-order valence-corrected chi connectivity index (χ0v) is 14.0. The fourth-order valence-electron chi connectivity index (χ4n) is 2.80. The number of benzene rings is 1. The van der Waals surface area contributed by atoms with E-state index in [1.807, 2.05) is 12.1 Å². The van der Waals surface area contributed by atoms with E-state index in [1.165, 1.54) is 37.9 Å². The number of hydrogen-bond donors (Lipinski definition) is 1. The Hall–Kier alpha value is -0.280. The summed E-state index contributed by atoms with van der Waals surface area (Å²) in [6.07, 6.45) is 3.95. The van der Waals surface area contributed by atoms with E-state index in [0.29, 0.717) is 6.04 Å². The molecule has 1 N–H and O–H groups in total. The molecule has 1 aromatic carbocycles. The number of nitrogens with one attached hydrogen (secondary N) is 1. The van der Waals surface area contributed by atoms with Crippen LogP contribution >= 0.6 is 24.0 Å². The Morgan fingerprint density at radius 3 is 2.60 bits per heavy atom. The first-order valence-corrected chi connectivity index (χ1v) is 7.71. The standard InChI is InChI=1S/C16H25ClN2.ClH/c1-13(15-5-3-4-6-16(15)17)19(2)12-9-14-7-10-18-11-8-14;/h3-6,13-14,18H,7-12H2,1-2H3;1H. The van der Waals surface area contributed by atoms with E-state index >= 15 is 0 Å². The third-order valence-electron chi connectivity index (χ3n) is 4.37. The van der Waals surface area contributed by atoms with Crippen LogP contribution in [0.1, 0.15) is 37.8 Å². The fraction of sp³-hybridized carbons (Fsp3) is 0.625. The predicted molar refractivity (Wildman–Crippen MR) is 90.0 cm³/mol. The minimum Gasteiger partial charge on any atom is -0.317 e. The Bertz CT molecular complexity index is 392. The van der Waals surface area contributed by atoms with Gasteiger partial charge in [0.1, 0.15) is 0 Å². The van der Waals surface area contributed by atoms with Crippen LogP contribution in [0, 0.1) is 5.92 Å². The molecule has 114 valence electrons. The lowest BCUT2D eigenvalue weighted by Crippen LogP contribution is -2.31. The monoisotopic (exact) mass is 316 g/mol. The molecule has 2 rings (SSSR count). The highest BCUT2D eigenvalue weighted by Crippen LogP contribution is 2.27. The van der Waals surface area contributed by atoms with E-state index in [0.717, 1.165) is 17.5 Å². The topological polar surface area (TPSA) is 15.3 Å². The van der Waals surface area contributed by atoms with Crippen LogP contribution in [0.3, 0.4) is 0 Å². The molecule has 20 heavy (non-hydrogen) atoms. The number of rotatable bonds is 5. The summed E-state index contributed by atoms with van der Waals surface area (Å²) in [7, 11) is 2.20. The number of halogens is 2. The second kappa shape index (κ2) is 8.89. The summed E-state index contributed by atoms with van der Waals surface area (Å²) in [4.78, 5) is 2.42. The number of piperidine rings is 1. The molecule has 1 unspecified atom stereocenters. The third kappa shape index (κ3) is 4.92. The molecule has 0 aliphatic carbocycles. The van der Waals surface area contributed by atoms with Crippen LogP contribution in [0.2, 0.25) is 5.02 Å². The van der Waals surface area contributed by atoms with Crippen LogP contribution in [-0.2, 0) is 0 Å². The fourth-order valence-corrected chi connectivity index (χ4v) is 3.10. The first-order chi connectivity index (χ1) is 9.18. The first kappa shape index (κ1) is 17.8. The van der Waals surface area contributed by atoms with Gasteiger partial charge in [-0.15, -0.1) is 12.4 Å². The molecule has 1 saturated heterocycles. The summed E-state index contributed by atoms with van der Waals surface area (Å²) in [5.74, 6) is 0.891. The van der Waals surface area contributed by atoms with Crippen LogP contribution in [0.5, 0.6) is 0 Å². The zero-order chi connectivity index (χ0) is 13.7. The molecule has 1 aromatic rings. The molecule has 1 aliphatic rings. The normalized spacial score (nSPS) is 17.8. The van der Waals surface area contributed by atoms with Gasteiger partial charge in [-0.25, -0.2) is 0 Å². The molecule has 2 nitrogen and oxygen atoms in total. The van der Waals surface area contributed by atoms with Crippen molar-refractivity contribution in [1.29, 1.82) is 0 Å². The van der Waals surface area contributed by atoms with Crippen molar-refractivity contribution in [3.8, 4) is 0 Å². The van der Waals surface area contributed by atoms with E-state index in [4.69, 9.17) is 11.6 Å². The van der Waals surface area contributed by atoms with Crippen molar-refractivity contribution in [2.45, 2.75) is 32.2 Å². The molecule has 0 radical (unpaired) electrons. The van der Waals surface area contributed by atoms with Crippen molar-refractivity contribution in [1.82, 2.24) is 10.2 Å². The van der Waals surface area contributed by atoms with Gasteiger partial charge in [0.2, 0.25) is 0 Å². The van der Waals surface area contributed by atoms with E-state index in [1.54, 1.807) is 0 Å². The Balaban J connectivity index is 0.00000200. The molecule has 1 heterocycles. The molecule has 0 bridgehead atoms. The Kier molecular flexibility index (Phi) is 7.90. The molecule has 0 saturated carbocycles. The molecule has 0 aromatic heterocycles. The second-order valence-corrected chi connectivity index (χ2v) is 6.07. The van der Waals surface area contributed by atoms with Gasteiger partial charge in [0.25, 0.3) is 0 Å². The van der Waals surface area contributed by atoms with E-state index in [2.05, 4.69) is 36.3 Å². The Morgan fingerprint density at radius 1 is 1.30 bits per heavy atom. The van der Waals surface area contributed by atoms with E-state index < -0.39 is 0 Å². The van der Waals surface area contributed by atoms with Crippen LogP contribution in [0.4, 0.5) is 0 Å². The molecule has 0 spiro atoms. The van der Waals surface area contributed by atoms with Gasteiger partial charge < -0.3 is 5.32 Å². The van der Waals surface area contributed by atoms with E-state index in [9.17, 15) is 0 Å². The first-order valence-electron chi connectivity index (χ1n) is 7.34. The lowest BCUT2D eigenvalue weighted by Gasteiger charge is -2.29. The summed E-state index contributed by atoms with van der Waals surface area (Å²) in [5, 5.41) is 4.31. The quantitative estimate of drug-likeness (QED) is 0.878. The highest BCUT2D eigenvalue weighted by Gasteiger charge is 2.17. The van der Waals surface area contributed by atoms with Crippen molar-refractivity contribution in [3.05, 3.63) is 34.9 Å². The van der Waals surface area contributed by atoms with Crippen molar-refractivity contribution in [2.75, 3.05) is 26.7 Å². The van der Waals surface area contributed by atoms with Crippen LogP contribution in [0.15, 0.2) is 24.3 Å². The van der Waals surface area contributed by atoms with Crippen LogP contribution in [-0.4, -0.2) is 31.6 Å². The third-order valence-corrected chi connectivity index (χ3v) is 4.71. The smallest absolute Gasteiger partial charge is 0.0453 e. The largest absolute Gasteiger partial charge is 0.317 e.